The molecule has 0 bridgehead atoms. The molecule has 2 aromatic heterocycles. The fourth-order valence-corrected chi connectivity index (χ4v) is 1.45. The summed E-state index contributed by atoms with van der Waals surface area (Å²) in [4.78, 5) is 16.3. The van der Waals surface area contributed by atoms with Gasteiger partial charge in [-0.25, -0.2) is 19.9 Å². The van der Waals surface area contributed by atoms with Gasteiger partial charge in [-0.15, -0.1) is 0 Å². The van der Waals surface area contributed by atoms with Crippen LogP contribution in [-0.2, 0) is 0 Å². The third-order valence-corrected chi connectivity index (χ3v) is 2.31. The summed E-state index contributed by atoms with van der Waals surface area (Å²) in [6, 6.07) is 3.72. The van der Waals surface area contributed by atoms with E-state index in [2.05, 4.69) is 30.6 Å². The molecule has 0 unspecified atom stereocenters. The maximum atomic E-state index is 4.13. The number of aryl methyl sites for hydroxylation is 1. The summed E-state index contributed by atoms with van der Waals surface area (Å²) in [6.45, 7) is 3.61. The van der Waals surface area contributed by atoms with Crippen LogP contribution in [0.2, 0.25) is 0 Å². The van der Waals surface area contributed by atoms with Crippen molar-refractivity contribution in [1.82, 2.24) is 19.9 Å². The molecule has 2 aromatic rings. The second kappa shape index (κ2) is 6.48. The normalized spacial score (nSPS) is 10.1. The van der Waals surface area contributed by atoms with Crippen molar-refractivity contribution in [3.05, 3.63) is 36.5 Å². The monoisotopic (exact) mass is 244 g/mol. The minimum absolute atomic E-state index is 0.662. The van der Waals surface area contributed by atoms with E-state index in [9.17, 15) is 0 Å². The molecule has 0 aliphatic rings. The van der Waals surface area contributed by atoms with Gasteiger partial charge < -0.3 is 10.6 Å². The van der Waals surface area contributed by atoms with Crippen molar-refractivity contribution in [3.8, 4) is 0 Å². The predicted octanol–water partition coefficient (Wildman–Crippen LogP) is 1.49. The molecule has 94 valence electrons. The molecule has 0 aliphatic carbocycles. The molecule has 2 N–H and O–H groups in total. The molecule has 0 saturated heterocycles. The van der Waals surface area contributed by atoms with E-state index in [0.29, 0.717) is 5.95 Å². The highest BCUT2D eigenvalue weighted by Gasteiger charge is 1.95. The molecule has 0 aromatic carbocycles. The molecule has 2 rings (SSSR count). The van der Waals surface area contributed by atoms with Crippen molar-refractivity contribution < 1.29 is 0 Å². The number of anilines is 2. The molecule has 6 heteroatoms. The van der Waals surface area contributed by atoms with E-state index >= 15 is 0 Å². The lowest BCUT2D eigenvalue weighted by molar-refractivity contribution is 0.888. The third kappa shape index (κ3) is 3.97. The highest BCUT2D eigenvalue weighted by Crippen LogP contribution is 2.02. The summed E-state index contributed by atoms with van der Waals surface area (Å²) < 4.78 is 0. The van der Waals surface area contributed by atoms with Gasteiger partial charge in [0, 0.05) is 37.2 Å². The quantitative estimate of drug-likeness (QED) is 0.750. The summed E-state index contributed by atoms with van der Waals surface area (Å²) in [5.74, 6) is 1.52. The van der Waals surface area contributed by atoms with Crippen molar-refractivity contribution in [2.45, 2.75) is 13.3 Å². The van der Waals surface area contributed by atoms with Gasteiger partial charge in [-0.3, -0.25) is 0 Å². The minimum Gasteiger partial charge on any atom is -0.370 e. The Hall–Kier alpha value is -2.24. The fourth-order valence-electron chi connectivity index (χ4n) is 1.45. The maximum Gasteiger partial charge on any atom is 0.222 e. The molecule has 0 amide bonds. The molecule has 18 heavy (non-hydrogen) atoms. The van der Waals surface area contributed by atoms with Crippen LogP contribution in [-0.4, -0.2) is 33.0 Å². The first-order valence-corrected chi connectivity index (χ1v) is 5.88. The van der Waals surface area contributed by atoms with Crippen LogP contribution in [0.15, 0.2) is 30.9 Å². The first kappa shape index (κ1) is 12.2. The van der Waals surface area contributed by atoms with Crippen LogP contribution < -0.4 is 10.6 Å². The molecular formula is C12H16N6. The number of rotatable bonds is 6. The predicted molar refractivity (Wildman–Crippen MR) is 70.4 cm³/mol. The van der Waals surface area contributed by atoms with Gasteiger partial charge in [0.2, 0.25) is 5.95 Å². The van der Waals surface area contributed by atoms with Gasteiger partial charge in [0.05, 0.1) is 0 Å². The van der Waals surface area contributed by atoms with Gasteiger partial charge in [0.1, 0.15) is 12.1 Å². The van der Waals surface area contributed by atoms with E-state index in [1.165, 1.54) is 0 Å². The van der Waals surface area contributed by atoms with Gasteiger partial charge in [0.15, 0.2) is 0 Å². The fraction of sp³-hybridized carbons (Fsp3) is 0.333. The van der Waals surface area contributed by atoms with Crippen molar-refractivity contribution >= 4 is 11.8 Å². The van der Waals surface area contributed by atoms with Gasteiger partial charge in [-0.05, 0) is 19.4 Å². The van der Waals surface area contributed by atoms with Gasteiger partial charge in [-0.2, -0.15) is 0 Å². The zero-order valence-electron chi connectivity index (χ0n) is 10.3. The number of nitrogens with one attached hydrogen (secondary N) is 2. The number of nitrogens with zero attached hydrogens (tertiary/aromatic N) is 4. The van der Waals surface area contributed by atoms with Crippen molar-refractivity contribution in [2.24, 2.45) is 0 Å². The highest BCUT2D eigenvalue weighted by atomic mass is 15.1. The molecular weight excluding hydrogens is 228 g/mol. The first-order chi connectivity index (χ1) is 8.84. The van der Waals surface area contributed by atoms with Crippen molar-refractivity contribution in [3.63, 3.8) is 0 Å². The average molecular weight is 244 g/mol. The molecule has 0 saturated carbocycles. The Morgan fingerprint density at radius 1 is 1.00 bits per heavy atom. The van der Waals surface area contributed by atoms with Crippen LogP contribution in [0.3, 0.4) is 0 Å². The highest BCUT2D eigenvalue weighted by molar-refractivity contribution is 5.34. The summed E-state index contributed by atoms with van der Waals surface area (Å²) in [5, 5.41) is 6.39. The largest absolute Gasteiger partial charge is 0.370 e. The van der Waals surface area contributed by atoms with E-state index in [1.807, 2.05) is 13.0 Å². The van der Waals surface area contributed by atoms with E-state index in [0.717, 1.165) is 31.0 Å². The van der Waals surface area contributed by atoms with E-state index in [4.69, 9.17) is 0 Å². The zero-order chi connectivity index (χ0) is 12.6. The lowest BCUT2D eigenvalue weighted by Gasteiger charge is -2.06. The summed E-state index contributed by atoms with van der Waals surface area (Å²) in [5.41, 5.74) is 0.961. The zero-order valence-corrected chi connectivity index (χ0v) is 10.3. The van der Waals surface area contributed by atoms with Crippen LogP contribution in [0.25, 0.3) is 0 Å². The molecule has 6 nitrogen and oxygen atoms in total. The summed E-state index contributed by atoms with van der Waals surface area (Å²) >= 11 is 0. The Morgan fingerprint density at radius 3 is 2.56 bits per heavy atom. The number of hydrogen-bond donors (Lipinski definition) is 2. The molecule has 0 radical (unpaired) electrons. The van der Waals surface area contributed by atoms with Crippen LogP contribution in [0, 0.1) is 6.92 Å². The molecule has 0 atom stereocenters. The maximum absolute atomic E-state index is 4.13. The van der Waals surface area contributed by atoms with E-state index < -0.39 is 0 Å². The number of hydrogen-bond acceptors (Lipinski definition) is 6. The second-order valence-electron chi connectivity index (χ2n) is 3.82. The molecule has 0 aliphatic heterocycles. The van der Waals surface area contributed by atoms with Crippen LogP contribution in [0.5, 0.6) is 0 Å². The lowest BCUT2D eigenvalue weighted by Crippen LogP contribution is -2.11. The Labute approximate surface area is 106 Å². The van der Waals surface area contributed by atoms with Crippen molar-refractivity contribution in [1.29, 1.82) is 0 Å². The summed E-state index contributed by atoms with van der Waals surface area (Å²) in [7, 11) is 0. The van der Waals surface area contributed by atoms with Crippen LogP contribution >= 0.6 is 0 Å². The molecule has 2 heterocycles. The van der Waals surface area contributed by atoms with Gasteiger partial charge in [0.25, 0.3) is 0 Å². The standard InChI is InChI=1S/C12H16N6/c1-10-8-11(18-9-17-10)13-4-2-5-14-12-15-6-3-7-16-12/h3,6-9H,2,4-5H2,1H3,(H,13,17,18)(H,14,15,16). The van der Waals surface area contributed by atoms with Gasteiger partial charge >= 0.3 is 0 Å². The van der Waals surface area contributed by atoms with Gasteiger partial charge in [-0.1, -0.05) is 0 Å². The molecule has 0 spiro atoms. The minimum atomic E-state index is 0.662. The molecule has 0 fully saturated rings. The van der Waals surface area contributed by atoms with Crippen molar-refractivity contribution in [2.75, 3.05) is 23.7 Å². The summed E-state index contributed by atoms with van der Waals surface area (Å²) in [6.07, 6.45) is 5.96. The second-order valence-corrected chi connectivity index (χ2v) is 3.82. The van der Waals surface area contributed by atoms with E-state index in [-0.39, 0.29) is 0 Å². The Bertz CT molecular complexity index is 473. The van der Waals surface area contributed by atoms with Crippen LogP contribution in [0.1, 0.15) is 12.1 Å². The Morgan fingerprint density at radius 2 is 1.78 bits per heavy atom. The first-order valence-electron chi connectivity index (χ1n) is 5.88. The lowest BCUT2D eigenvalue weighted by atomic mass is 10.4. The third-order valence-electron chi connectivity index (χ3n) is 2.31. The Balaban J connectivity index is 1.65. The SMILES string of the molecule is Cc1cc(NCCCNc2ncccn2)ncn1. The topological polar surface area (TPSA) is 75.6 Å². The average Bonchev–Trinajstić information content (AvgIpc) is 2.40. The van der Waals surface area contributed by atoms with Crippen LogP contribution in [0.4, 0.5) is 11.8 Å². The Kier molecular flexibility index (Phi) is 4.40. The smallest absolute Gasteiger partial charge is 0.222 e. The number of aromatic nitrogens is 4. The van der Waals surface area contributed by atoms with E-state index in [1.54, 1.807) is 24.8 Å².